The van der Waals surface area contributed by atoms with Gasteiger partial charge in [0, 0.05) is 24.9 Å². The van der Waals surface area contributed by atoms with Crippen LogP contribution in [0.1, 0.15) is 39.1 Å². The number of thioether (sulfide) groups is 1. The van der Waals surface area contributed by atoms with Crippen molar-refractivity contribution in [3.8, 4) is 0 Å². The smallest absolute Gasteiger partial charge is 0.233 e. The topological polar surface area (TPSA) is 56.1 Å². The summed E-state index contributed by atoms with van der Waals surface area (Å²) in [6, 6.07) is 0. The summed E-state index contributed by atoms with van der Waals surface area (Å²) in [6.07, 6.45) is 0. The Morgan fingerprint density at radius 3 is 2.57 bits per heavy atom. The van der Waals surface area contributed by atoms with E-state index in [1.54, 1.807) is 7.11 Å². The summed E-state index contributed by atoms with van der Waals surface area (Å²) in [5.41, 5.74) is 1.90. The van der Waals surface area contributed by atoms with Crippen LogP contribution in [0.2, 0.25) is 0 Å². The van der Waals surface area contributed by atoms with Gasteiger partial charge in [0.2, 0.25) is 5.91 Å². The first kappa shape index (κ1) is 18.0. The van der Waals surface area contributed by atoms with Gasteiger partial charge in [-0.3, -0.25) is 4.79 Å². The lowest BCUT2D eigenvalue weighted by molar-refractivity contribution is -0.121. The molecule has 1 unspecified atom stereocenters. The van der Waals surface area contributed by atoms with Crippen LogP contribution < -0.4 is 5.32 Å². The molecule has 0 aliphatic carbocycles. The minimum atomic E-state index is -0.219. The Labute approximate surface area is 131 Å². The molecule has 120 valence electrons. The normalized spacial score (nSPS) is 13.3. The Morgan fingerprint density at radius 1 is 1.43 bits per heavy atom. The van der Waals surface area contributed by atoms with E-state index in [9.17, 15) is 4.79 Å². The van der Waals surface area contributed by atoms with Crippen LogP contribution in [0.25, 0.3) is 0 Å². The zero-order valence-electron chi connectivity index (χ0n) is 14.1. The molecule has 0 fully saturated rings. The van der Waals surface area contributed by atoms with Crippen LogP contribution in [0, 0.1) is 13.8 Å². The molecule has 1 heterocycles. The van der Waals surface area contributed by atoms with Crippen LogP contribution in [0.4, 0.5) is 0 Å². The third kappa shape index (κ3) is 5.36. The molecule has 0 saturated carbocycles. The van der Waals surface area contributed by atoms with Crippen LogP contribution in [0.5, 0.6) is 0 Å². The minimum Gasteiger partial charge on any atom is -0.383 e. The number of methoxy groups -OCH3 is 1. The van der Waals surface area contributed by atoms with E-state index in [1.165, 1.54) is 11.8 Å². The molecule has 1 N–H and O–H groups in total. The first-order valence-electron chi connectivity index (χ1n) is 7.17. The van der Waals surface area contributed by atoms with Gasteiger partial charge in [-0.05, 0) is 41.5 Å². The molecule has 21 heavy (non-hydrogen) atoms. The van der Waals surface area contributed by atoms with Crippen molar-refractivity contribution in [2.24, 2.45) is 0 Å². The molecule has 1 aromatic heterocycles. The number of carbonyl (C=O) groups excluding carboxylic acids is 1. The molecule has 0 radical (unpaired) electrons. The Balaban J connectivity index is 2.82. The number of nitrogens with one attached hydrogen (secondary N) is 1. The lowest BCUT2D eigenvalue weighted by Gasteiger charge is -2.23. The Bertz CT molecular complexity index is 492. The fourth-order valence-corrected chi connectivity index (χ4v) is 2.87. The van der Waals surface area contributed by atoms with Gasteiger partial charge in [-0.1, -0.05) is 11.8 Å². The number of aromatic nitrogens is 2. The maximum Gasteiger partial charge on any atom is 0.233 e. The Kier molecular flexibility index (Phi) is 6.28. The van der Waals surface area contributed by atoms with Gasteiger partial charge in [0.05, 0.1) is 17.6 Å². The second-order valence-electron chi connectivity index (χ2n) is 6.21. The molecule has 0 saturated heterocycles. The number of amides is 1. The van der Waals surface area contributed by atoms with Crippen LogP contribution in [0.3, 0.4) is 0 Å². The molecule has 1 atom stereocenters. The highest BCUT2D eigenvalue weighted by atomic mass is 32.2. The van der Waals surface area contributed by atoms with Crippen molar-refractivity contribution >= 4 is 17.7 Å². The highest BCUT2D eigenvalue weighted by Gasteiger charge is 2.22. The summed E-state index contributed by atoms with van der Waals surface area (Å²) in [5.74, 6) is 0.0316. The van der Waals surface area contributed by atoms with Gasteiger partial charge in [0.1, 0.15) is 0 Å². The quantitative estimate of drug-likeness (QED) is 0.820. The molecule has 1 rings (SSSR count). The second kappa shape index (κ2) is 7.31. The van der Waals surface area contributed by atoms with Gasteiger partial charge >= 0.3 is 0 Å². The van der Waals surface area contributed by atoms with Crippen molar-refractivity contribution in [1.29, 1.82) is 0 Å². The number of hydrogen-bond donors (Lipinski definition) is 1. The molecular formula is C15H27N3O2S. The number of aryl methyl sites for hydroxylation is 1. The molecule has 0 aliphatic rings. The third-order valence-corrected chi connectivity index (χ3v) is 4.18. The summed E-state index contributed by atoms with van der Waals surface area (Å²) >= 11 is 1.49. The average Bonchev–Trinajstić information content (AvgIpc) is 2.60. The van der Waals surface area contributed by atoms with E-state index >= 15 is 0 Å². The standard InChI is InChI=1S/C15H27N3O2S/c1-10-11(2)18(8-9-20-7)14(16-10)21-12(3)13(19)17-15(4,5)6/h12H,8-9H2,1-7H3,(H,17,19). The van der Waals surface area contributed by atoms with Crippen molar-refractivity contribution in [3.63, 3.8) is 0 Å². The molecule has 5 nitrogen and oxygen atoms in total. The van der Waals surface area contributed by atoms with Crippen molar-refractivity contribution in [2.75, 3.05) is 13.7 Å². The second-order valence-corrected chi connectivity index (χ2v) is 7.52. The molecule has 6 heteroatoms. The fourth-order valence-electron chi connectivity index (χ4n) is 1.84. The Morgan fingerprint density at radius 2 is 2.05 bits per heavy atom. The Hall–Kier alpha value is -1.01. The van der Waals surface area contributed by atoms with Gasteiger partial charge < -0.3 is 14.6 Å². The van der Waals surface area contributed by atoms with Gasteiger partial charge in [0.15, 0.2) is 5.16 Å². The monoisotopic (exact) mass is 313 g/mol. The maximum absolute atomic E-state index is 12.2. The number of imidazole rings is 1. The molecule has 0 bridgehead atoms. The van der Waals surface area contributed by atoms with Crippen molar-refractivity contribution in [3.05, 3.63) is 11.4 Å². The number of rotatable bonds is 6. The average molecular weight is 313 g/mol. The molecule has 0 spiro atoms. The van der Waals surface area contributed by atoms with Crippen molar-refractivity contribution in [2.45, 2.75) is 64.0 Å². The summed E-state index contributed by atoms with van der Waals surface area (Å²) < 4.78 is 7.26. The molecule has 0 aliphatic heterocycles. The van der Waals surface area contributed by atoms with E-state index < -0.39 is 0 Å². The number of hydrogen-bond acceptors (Lipinski definition) is 4. The van der Waals surface area contributed by atoms with E-state index in [0.29, 0.717) is 6.61 Å². The summed E-state index contributed by atoms with van der Waals surface area (Å²) in [6.45, 7) is 13.3. The predicted molar refractivity (Wildman–Crippen MR) is 86.8 cm³/mol. The van der Waals surface area contributed by atoms with Crippen molar-refractivity contribution < 1.29 is 9.53 Å². The highest BCUT2D eigenvalue weighted by molar-refractivity contribution is 8.00. The molecule has 0 aromatic carbocycles. The SMILES string of the molecule is COCCn1c(SC(C)C(=O)NC(C)(C)C)nc(C)c1C. The lowest BCUT2D eigenvalue weighted by atomic mass is 10.1. The van der Waals surface area contributed by atoms with Crippen LogP contribution in [0.15, 0.2) is 5.16 Å². The van der Waals surface area contributed by atoms with Gasteiger partial charge in [0.25, 0.3) is 0 Å². The molecule has 1 amide bonds. The van der Waals surface area contributed by atoms with Crippen molar-refractivity contribution in [1.82, 2.24) is 14.9 Å². The highest BCUT2D eigenvalue weighted by Crippen LogP contribution is 2.25. The summed E-state index contributed by atoms with van der Waals surface area (Å²) in [4.78, 5) is 16.8. The minimum absolute atomic E-state index is 0.0316. The van der Waals surface area contributed by atoms with E-state index in [0.717, 1.165) is 23.1 Å². The zero-order chi connectivity index (χ0) is 16.2. The number of ether oxygens (including phenoxy) is 1. The van der Waals surface area contributed by atoms with E-state index in [-0.39, 0.29) is 16.7 Å². The van der Waals surface area contributed by atoms with E-state index in [2.05, 4.69) is 14.9 Å². The van der Waals surface area contributed by atoms with Gasteiger partial charge in [-0.2, -0.15) is 0 Å². The van der Waals surface area contributed by atoms with Gasteiger partial charge in [-0.15, -0.1) is 0 Å². The van der Waals surface area contributed by atoms with Crippen LogP contribution in [-0.2, 0) is 16.1 Å². The van der Waals surface area contributed by atoms with Crippen LogP contribution >= 0.6 is 11.8 Å². The summed E-state index contributed by atoms with van der Waals surface area (Å²) in [5, 5.41) is 3.69. The largest absolute Gasteiger partial charge is 0.383 e. The molecular weight excluding hydrogens is 286 g/mol. The van der Waals surface area contributed by atoms with E-state index in [1.807, 2.05) is 41.5 Å². The maximum atomic E-state index is 12.2. The lowest BCUT2D eigenvalue weighted by Crippen LogP contribution is -2.44. The third-order valence-electron chi connectivity index (χ3n) is 3.09. The predicted octanol–water partition coefficient (Wildman–Crippen LogP) is 2.54. The zero-order valence-corrected chi connectivity index (χ0v) is 14.9. The summed E-state index contributed by atoms with van der Waals surface area (Å²) in [7, 11) is 1.69. The number of nitrogens with zero attached hydrogens (tertiary/aromatic N) is 2. The number of carbonyl (C=O) groups is 1. The molecule has 1 aromatic rings. The van der Waals surface area contributed by atoms with E-state index in [4.69, 9.17) is 4.74 Å². The first-order chi connectivity index (χ1) is 9.65. The fraction of sp³-hybridized carbons (Fsp3) is 0.733. The first-order valence-corrected chi connectivity index (χ1v) is 8.05. The van der Waals surface area contributed by atoms with Crippen LogP contribution in [-0.4, -0.2) is 40.0 Å². The van der Waals surface area contributed by atoms with Gasteiger partial charge in [-0.25, -0.2) is 4.98 Å².